The zero-order valence-electron chi connectivity index (χ0n) is 10.8. The Balaban J connectivity index is 1.89. The van der Waals surface area contributed by atoms with Crippen molar-refractivity contribution >= 4 is 28.4 Å². The number of nitrogens with one attached hydrogen (secondary N) is 1. The number of rotatable bonds is 2. The summed E-state index contributed by atoms with van der Waals surface area (Å²) in [7, 11) is 1.85. The normalized spacial score (nSPS) is 22.8. The van der Waals surface area contributed by atoms with Crippen molar-refractivity contribution in [3.8, 4) is 0 Å². The highest BCUT2D eigenvalue weighted by atomic mass is 35.5. The number of carbonyl (C=O) groups is 1. The number of aromatic nitrogens is 2. The van der Waals surface area contributed by atoms with Crippen LogP contribution in [0.1, 0.15) is 29.8 Å². The number of benzene rings is 1. The Morgan fingerprint density at radius 1 is 1.42 bits per heavy atom. The molecule has 2 atom stereocenters. The van der Waals surface area contributed by atoms with Gasteiger partial charge in [-0.1, -0.05) is 18.2 Å². The Morgan fingerprint density at radius 2 is 2.21 bits per heavy atom. The average Bonchev–Trinajstić information content (AvgIpc) is 2.95. The Kier molecular flexibility index (Phi) is 3.19. The van der Waals surface area contributed by atoms with E-state index in [0.29, 0.717) is 5.69 Å². The van der Waals surface area contributed by atoms with Crippen LogP contribution >= 0.6 is 11.6 Å². The third-order valence-corrected chi connectivity index (χ3v) is 4.24. The SMILES string of the molecule is Cn1nc(C(=O)NC2CCCC2Cl)c2ccccc21. The Hall–Kier alpha value is -1.55. The smallest absolute Gasteiger partial charge is 0.272 e. The number of amides is 1. The summed E-state index contributed by atoms with van der Waals surface area (Å²) in [6.07, 6.45) is 2.99. The maximum atomic E-state index is 12.3. The lowest BCUT2D eigenvalue weighted by Gasteiger charge is -2.14. The topological polar surface area (TPSA) is 46.9 Å². The minimum absolute atomic E-state index is 0.0407. The summed E-state index contributed by atoms with van der Waals surface area (Å²) >= 11 is 6.19. The fourth-order valence-electron chi connectivity index (χ4n) is 2.70. The lowest BCUT2D eigenvalue weighted by molar-refractivity contribution is 0.0934. The van der Waals surface area contributed by atoms with Gasteiger partial charge in [0.15, 0.2) is 5.69 Å². The molecule has 0 aliphatic heterocycles. The highest BCUT2D eigenvalue weighted by molar-refractivity contribution is 6.21. The van der Waals surface area contributed by atoms with Crippen LogP contribution in [0.2, 0.25) is 0 Å². The van der Waals surface area contributed by atoms with Crippen molar-refractivity contribution in [2.45, 2.75) is 30.7 Å². The molecule has 1 fully saturated rings. The summed E-state index contributed by atoms with van der Waals surface area (Å²) in [6, 6.07) is 7.80. The molecule has 3 rings (SSSR count). The molecule has 1 aromatic carbocycles. The molecule has 1 N–H and O–H groups in total. The summed E-state index contributed by atoms with van der Waals surface area (Å²) in [5.74, 6) is -0.130. The van der Waals surface area contributed by atoms with Crippen LogP contribution in [0, 0.1) is 0 Å². The first kappa shape index (κ1) is 12.5. The summed E-state index contributed by atoms with van der Waals surface area (Å²) in [4.78, 5) is 12.3. The van der Waals surface area contributed by atoms with Gasteiger partial charge in [-0.3, -0.25) is 9.48 Å². The first-order chi connectivity index (χ1) is 9.16. The highest BCUT2D eigenvalue weighted by Crippen LogP contribution is 2.25. The number of carbonyl (C=O) groups excluding carboxylic acids is 1. The minimum atomic E-state index is -0.130. The van der Waals surface area contributed by atoms with Crippen molar-refractivity contribution in [1.82, 2.24) is 15.1 Å². The molecule has 0 spiro atoms. The predicted octanol–water partition coefficient (Wildman–Crippen LogP) is 2.46. The van der Waals surface area contributed by atoms with E-state index in [9.17, 15) is 4.79 Å². The molecule has 0 radical (unpaired) electrons. The van der Waals surface area contributed by atoms with E-state index in [1.165, 1.54) is 0 Å². The van der Waals surface area contributed by atoms with Crippen molar-refractivity contribution in [3.05, 3.63) is 30.0 Å². The predicted molar refractivity (Wildman–Crippen MR) is 75.5 cm³/mol. The van der Waals surface area contributed by atoms with Crippen LogP contribution in [0.15, 0.2) is 24.3 Å². The zero-order valence-corrected chi connectivity index (χ0v) is 11.5. The molecule has 4 nitrogen and oxygen atoms in total. The van der Waals surface area contributed by atoms with Gasteiger partial charge < -0.3 is 5.32 Å². The largest absolute Gasteiger partial charge is 0.346 e. The molecule has 1 saturated carbocycles. The van der Waals surface area contributed by atoms with Gasteiger partial charge in [-0.2, -0.15) is 5.10 Å². The first-order valence-corrected chi connectivity index (χ1v) is 6.97. The van der Waals surface area contributed by atoms with Gasteiger partial charge in [0.2, 0.25) is 0 Å². The van der Waals surface area contributed by atoms with Gasteiger partial charge in [0.05, 0.1) is 10.9 Å². The van der Waals surface area contributed by atoms with Gasteiger partial charge in [-0.05, 0) is 25.3 Å². The second-order valence-corrected chi connectivity index (χ2v) is 5.58. The summed E-state index contributed by atoms with van der Waals surface area (Å²) in [5, 5.41) is 8.24. The summed E-state index contributed by atoms with van der Waals surface area (Å²) in [5.41, 5.74) is 1.44. The number of aryl methyl sites for hydroxylation is 1. The van der Waals surface area contributed by atoms with Crippen LogP contribution in [-0.4, -0.2) is 27.1 Å². The summed E-state index contributed by atoms with van der Waals surface area (Å²) < 4.78 is 1.73. The fraction of sp³-hybridized carbons (Fsp3) is 0.429. The molecule has 1 aromatic heterocycles. The maximum absolute atomic E-state index is 12.3. The molecule has 5 heteroatoms. The second kappa shape index (κ2) is 4.85. The third kappa shape index (κ3) is 2.21. The van der Waals surface area contributed by atoms with E-state index in [1.807, 2.05) is 31.3 Å². The van der Waals surface area contributed by atoms with Crippen molar-refractivity contribution in [3.63, 3.8) is 0 Å². The van der Waals surface area contributed by atoms with Gasteiger partial charge in [-0.25, -0.2) is 0 Å². The zero-order chi connectivity index (χ0) is 13.4. The quantitative estimate of drug-likeness (QED) is 0.857. The Morgan fingerprint density at radius 3 is 2.95 bits per heavy atom. The Bertz CT molecular complexity index is 622. The van der Waals surface area contributed by atoms with E-state index in [-0.39, 0.29) is 17.3 Å². The molecular formula is C14H16ClN3O. The van der Waals surface area contributed by atoms with Crippen molar-refractivity contribution < 1.29 is 4.79 Å². The number of hydrogen-bond acceptors (Lipinski definition) is 2. The van der Waals surface area contributed by atoms with Crippen molar-refractivity contribution in [2.24, 2.45) is 7.05 Å². The monoisotopic (exact) mass is 277 g/mol. The minimum Gasteiger partial charge on any atom is -0.346 e. The standard InChI is InChI=1S/C14H16ClN3O/c1-18-12-8-3-2-5-9(12)13(17-18)14(19)16-11-7-4-6-10(11)15/h2-3,5,8,10-11H,4,6-7H2,1H3,(H,16,19). The van der Waals surface area contributed by atoms with Crippen molar-refractivity contribution in [1.29, 1.82) is 0 Å². The summed E-state index contributed by atoms with van der Waals surface area (Å²) in [6.45, 7) is 0. The molecular weight excluding hydrogens is 262 g/mol. The van der Waals surface area contributed by atoms with Crippen molar-refractivity contribution in [2.75, 3.05) is 0 Å². The lowest BCUT2D eigenvalue weighted by Crippen LogP contribution is -2.38. The van der Waals surface area contributed by atoms with E-state index >= 15 is 0 Å². The molecule has 0 bridgehead atoms. The second-order valence-electron chi connectivity index (χ2n) is 5.02. The molecule has 1 aliphatic rings. The van der Waals surface area contributed by atoms with Crippen LogP contribution in [-0.2, 0) is 7.05 Å². The molecule has 1 heterocycles. The van der Waals surface area contributed by atoms with Gasteiger partial charge in [0, 0.05) is 18.5 Å². The van der Waals surface area contributed by atoms with E-state index in [0.717, 1.165) is 30.2 Å². The maximum Gasteiger partial charge on any atom is 0.272 e. The number of para-hydroxylation sites is 1. The highest BCUT2D eigenvalue weighted by Gasteiger charge is 2.28. The van der Waals surface area contributed by atoms with Crippen LogP contribution in [0.5, 0.6) is 0 Å². The van der Waals surface area contributed by atoms with Crippen LogP contribution in [0.4, 0.5) is 0 Å². The molecule has 2 unspecified atom stereocenters. The van der Waals surface area contributed by atoms with Crippen LogP contribution in [0.25, 0.3) is 10.9 Å². The van der Waals surface area contributed by atoms with Gasteiger partial charge in [0.1, 0.15) is 0 Å². The number of hydrogen-bond donors (Lipinski definition) is 1. The average molecular weight is 278 g/mol. The van der Waals surface area contributed by atoms with Crippen LogP contribution in [0.3, 0.4) is 0 Å². The van der Waals surface area contributed by atoms with E-state index < -0.39 is 0 Å². The van der Waals surface area contributed by atoms with Gasteiger partial charge in [0.25, 0.3) is 5.91 Å². The fourth-order valence-corrected chi connectivity index (χ4v) is 3.04. The molecule has 2 aromatic rings. The molecule has 19 heavy (non-hydrogen) atoms. The van der Waals surface area contributed by atoms with E-state index in [1.54, 1.807) is 4.68 Å². The number of alkyl halides is 1. The third-order valence-electron chi connectivity index (χ3n) is 3.72. The van der Waals surface area contributed by atoms with Gasteiger partial charge >= 0.3 is 0 Å². The molecule has 1 amide bonds. The Labute approximate surface area is 116 Å². The number of fused-ring (bicyclic) bond motifs is 1. The van der Waals surface area contributed by atoms with Crippen LogP contribution < -0.4 is 5.32 Å². The molecule has 0 saturated heterocycles. The van der Waals surface area contributed by atoms with E-state index in [4.69, 9.17) is 11.6 Å². The first-order valence-electron chi connectivity index (χ1n) is 6.53. The van der Waals surface area contributed by atoms with Gasteiger partial charge in [-0.15, -0.1) is 11.6 Å². The lowest BCUT2D eigenvalue weighted by atomic mass is 10.2. The molecule has 1 aliphatic carbocycles. The number of nitrogens with zero attached hydrogens (tertiary/aromatic N) is 2. The van der Waals surface area contributed by atoms with E-state index in [2.05, 4.69) is 10.4 Å². The number of halogens is 1. The molecule has 100 valence electrons.